The zero-order valence-corrected chi connectivity index (χ0v) is 14.7. The van der Waals surface area contributed by atoms with Crippen LogP contribution in [-0.4, -0.2) is 35.3 Å². The van der Waals surface area contributed by atoms with Crippen LogP contribution in [0.4, 0.5) is 13.2 Å². The largest absolute Gasteiger partial charge is 0.416 e. The van der Waals surface area contributed by atoms with E-state index in [9.17, 15) is 18.0 Å². The molecule has 1 aromatic carbocycles. The van der Waals surface area contributed by atoms with Gasteiger partial charge in [-0.3, -0.25) is 4.79 Å². The molecule has 5 nitrogen and oxygen atoms in total. The molecule has 1 saturated heterocycles. The molecule has 1 aliphatic heterocycles. The second-order valence-corrected chi connectivity index (χ2v) is 6.12. The van der Waals surface area contributed by atoms with Gasteiger partial charge in [0, 0.05) is 12.7 Å². The summed E-state index contributed by atoms with van der Waals surface area (Å²) in [6.45, 7) is 2.44. The summed E-state index contributed by atoms with van der Waals surface area (Å²) in [5.74, 6) is 0.0690. The number of benzene rings is 1. The first kappa shape index (κ1) is 20.3. The van der Waals surface area contributed by atoms with Crippen molar-refractivity contribution >= 4 is 18.3 Å². The number of hydrogen-bond donors (Lipinski definition) is 2. The molecule has 2 heterocycles. The van der Waals surface area contributed by atoms with Gasteiger partial charge >= 0.3 is 6.18 Å². The maximum absolute atomic E-state index is 12.8. The molecule has 1 atom stereocenters. The van der Waals surface area contributed by atoms with Gasteiger partial charge in [-0.2, -0.15) is 18.3 Å². The normalized spacial score (nSPS) is 17.4. The van der Waals surface area contributed by atoms with E-state index in [1.807, 2.05) is 0 Å². The monoisotopic (exact) mass is 388 g/mol. The van der Waals surface area contributed by atoms with E-state index in [4.69, 9.17) is 0 Å². The lowest BCUT2D eigenvalue weighted by Crippen LogP contribution is -2.38. The maximum Gasteiger partial charge on any atom is 0.416 e. The summed E-state index contributed by atoms with van der Waals surface area (Å²) < 4.78 is 39.7. The van der Waals surface area contributed by atoms with Crippen LogP contribution in [0.3, 0.4) is 0 Å². The van der Waals surface area contributed by atoms with Crippen molar-refractivity contribution in [2.24, 2.45) is 5.92 Å². The topological polar surface area (TPSA) is 59.0 Å². The van der Waals surface area contributed by atoms with Crippen LogP contribution >= 0.6 is 12.4 Å². The number of nitrogens with zero attached hydrogens (tertiary/aromatic N) is 2. The summed E-state index contributed by atoms with van der Waals surface area (Å²) in [6.07, 6.45) is -0.791. The van der Waals surface area contributed by atoms with E-state index in [0.29, 0.717) is 12.5 Å². The molecule has 1 fully saturated rings. The molecule has 9 heteroatoms. The van der Waals surface area contributed by atoms with E-state index >= 15 is 0 Å². The summed E-state index contributed by atoms with van der Waals surface area (Å²) in [7, 11) is 0. The lowest BCUT2D eigenvalue weighted by Gasteiger charge is -2.22. The highest BCUT2D eigenvalue weighted by atomic mass is 35.5. The molecule has 142 valence electrons. The number of halogens is 4. The van der Waals surface area contributed by atoms with Crippen molar-refractivity contribution in [3.05, 3.63) is 47.8 Å². The molecule has 2 aromatic rings. The maximum atomic E-state index is 12.8. The molecule has 0 aliphatic carbocycles. The number of rotatable bonds is 4. The van der Waals surface area contributed by atoms with Crippen molar-refractivity contribution in [2.45, 2.75) is 19.0 Å². The molecule has 1 aromatic heterocycles. The van der Waals surface area contributed by atoms with E-state index in [-0.39, 0.29) is 29.7 Å². The van der Waals surface area contributed by atoms with Gasteiger partial charge in [-0.05, 0) is 56.1 Å². The molecule has 0 bridgehead atoms. The SMILES string of the molecule is Cl.O=C(NCC1CCCNC1)c1ccn(-c2cccc(C(F)(F)F)c2)n1. The molecule has 2 N–H and O–H groups in total. The van der Waals surface area contributed by atoms with Crippen molar-refractivity contribution in [1.82, 2.24) is 20.4 Å². The minimum atomic E-state index is -4.42. The molecule has 1 aliphatic rings. The first-order valence-corrected chi connectivity index (χ1v) is 8.16. The van der Waals surface area contributed by atoms with Crippen molar-refractivity contribution in [2.75, 3.05) is 19.6 Å². The zero-order chi connectivity index (χ0) is 17.9. The first-order chi connectivity index (χ1) is 11.9. The second-order valence-electron chi connectivity index (χ2n) is 6.12. The summed E-state index contributed by atoms with van der Waals surface area (Å²) in [5.41, 5.74) is -0.317. The number of alkyl halides is 3. The van der Waals surface area contributed by atoms with Gasteiger partial charge < -0.3 is 10.6 Å². The van der Waals surface area contributed by atoms with Crippen LogP contribution in [0.1, 0.15) is 28.9 Å². The molecule has 3 rings (SSSR count). The highest BCUT2D eigenvalue weighted by Gasteiger charge is 2.30. The lowest BCUT2D eigenvalue weighted by atomic mass is 10.00. The van der Waals surface area contributed by atoms with Gasteiger partial charge in [-0.1, -0.05) is 6.07 Å². The van der Waals surface area contributed by atoms with Crippen molar-refractivity contribution < 1.29 is 18.0 Å². The van der Waals surface area contributed by atoms with Gasteiger partial charge in [0.25, 0.3) is 5.91 Å². The van der Waals surface area contributed by atoms with E-state index in [1.54, 1.807) is 0 Å². The van der Waals surface area contributed by atoms with E-state index in [0.717, 1.165) is 38.1 Å². The Labute approximate surface area is 155 Å². The summed E-state index contributed by atoms with van der Waals surface area (Å²) in [4.78, 5) is 12.2. The van der Waals surface area contributed by atoms with Gasteiger partial charge in [0.05, 0.1) is 11.3 Å². The van der Waals surface area contributed by atoms with Crippen LogP contribution < -0.4 is 10.6 Å². The Hall–Kier alpha value is -2.06. The summed E-state index contributed by atoms with van der Waals surface area (Å²) in [6, 6.07) is 6.32. The van der Waals surface area contributed by atoms with Gasteiger partial charge in [0.2, 0.25) is 0 Å². The highest BCUT2D eigenvalue weighted by Crippen LogP contribution is 2.30. The molecule has 26 heavy (non-hydrogen) atoms. The third kappa shape index (κ3) is 4.98. The van der Waals surface area contributed by atoms with Gasteiger partial charge in [0.15, 0.2) is 5.69 Å². The fraction of sp³-hybridized carbons (Fsp3) is 0.412. The Balaban J connectivity index is 0.00000243. The Morgan fingerprint density at radius 1 is 1.35 bits per heavy atom. The number of hydrogen-bond acceptors (Lipinski definition) is 3. The number of amides is 1. The third-order valence-electron chi connectivity index (χ3n) is 4.21. The second kappa shape index (κ2) is 8.55. The van der Waals surface area contributed by atoms with Crippen LogP contribution in [0.2, 0.25) is 0 Å². The Kier molecular flexibility index (Phi) is 6.66. The zero-order valence-electron chi connectivity index (χ0n) is 13.9. The van der Waals surface area contributed by atoms with Crippen LogP contribution in [0.25, 0.3) is 5.69 Å². The standard InChI is InChI=1S/C17H19F3N4O.ClH/c18-17(19,20)13-4-1-5-14(9-13)24-8-6-15(23-24)16(25)22-11-12-3-2-7-21-10-12;/h1,4-6,8-9,12,21H,2-3,7,10-11H2,(H,22,25);1H. The molecule has 0 radical (unpaired) electrons. The minimum Gasteiger partial charge on any atom is -0.350 e. The van der Waals surface area contributed by atoms with Gasteiger partial charge in [-0.25, -0.2) is 4.68 Å². The molecule has 1 unspecified atom stereocenters. The van der Waals surface area contributed by atoms with E-state index < -0.39 is 11.7 Å². The fourth-order valence-electron chi connectivity index (χ4n) is 2.84. The number of carbonyl (C=O) groups is 1. The summed E-state index contributed by atoms with van der Waals surface area (Å²) in [5, 5.41) is 10.2. The predicted molar refractivity (Wildman–Crippen MR) is 93.7 cm³/mol. The predicted octanol–water partition coefficient (Wildman–Crippen LogP) is 3.04. The van der Waals surface area contributed by atoms with Crippen molar-refractivity contribution in [3.63, 3.8) is 0 Å². The van der Waals surface area contributed by atoms with Crippen LogP contribution in [-0.2, 0) is 6.18 Å². The van der Waals surface area contributed by atoms with E-state index in [2.05, 4.69) is 15.7 Å². The molecular weight excluding hydrogens is 369 g/mol. The lowest BCUT2D eigenvalue weighted by molar-refractivity contribution is -0.137. The van der Waals surface area contributed by atoms with Crippen LogP contribution in [0, 0.1) is 5.92 Å². The number of nitrogens with one attached hydrogen (secondary N) is 2. The quantitative estimate of drug-likeness (QED) is 0.846. The van der Waals surface area contributed by atoms with Crippen LogP contribution in [0.5, 0.6) is 0 Å². The molecule has 0 saturated carbocycles. The van der Waals surface area contributed by atoms with Gasteiger partial charge in [0.1, 0.15) is 0 Å². The van der Waals surface area contributed by atoms with Gasteiger partial charge in [-0.15, -0.1) is 12.4 Å². The van der Waals surface area contributed by atoms with E-state index in [1.165, 1.54) is 29.1 Å². The Bertz CT molecular complexity index is 742. The molecule has 0 spiro atoms. The number of carbonyl (C=O) groups excluding carboxylic acids is 1. The Morgan fingerprint density at radius 3 is 2.85 bits per heavy atom. The highest BCUT2D eigenvalue weighted by molar-refractivity contribution is 5.92. The third-order valence-corrected chi connectivity index (χ3v) is 4.21. The summed E-state index contributed by atoms with van der Waals surface area (Å²) >= 11 is 0. The minimum absolute atomic E-state index is 0. The fourth-order valence-corrected chi connectivity index (χ4v) is 2.84. The average molecular weight is 389 g/mol. The number of aromatic nitrogens is 2. The number of piperidine rings is 1. The average Bonchev–Trinajstić information content (AvgIpc) is 3.10. The van der Waals surface area contributed by atoms with Crippen LogP contribution in [0.15, 0.2) is 36.5 Å². The smallest absolute Gasteiger partial charge is 0.350 e. The molecule has 1 amide bonds. The first-order valence-electron chi connectivity index (χ1n) is 8.16. The Morgan fingerprint density at radius 2 is 2.15 bits per heavy atom. The molecular formula is C17H20ClF3N4O. The van der Waals surface area contributed by atoms with Crippen molar-refractivity contribution in [3.8, 4) is 5.69 Å². The van der Waals surface area contributed by atoms with Crippen molar-refractivity contribution in [1.29, 1.82) is 0 Å².